The first-order chi connectivity index (χ1) is 18.6. The monoisotopic (exact) mass is 613 g/mol. The molecule has 0 bridgehead atoms. The van der Waals surface area contributed by atoms with Gasteiger partial charge in [-0.15, -0.1) is 0 Å². The molecule has 3 rings (SSSR count). The molecule has 0 aliphatic carbocycles. The summed E-state index contributed by atoms with van der Waals surface area (Å²) >= 11 is 3.42. The molecule has 0 fully saturated rings. The number of aryl methyl sites for hydroxylation is 1. The van der Waals surface area contributed by atoms with E-state index >= 15 is 0 Å². The minimum absolute atomic E-state index is 0.164. The SMILES string of the molecule is CCCCNC(=O)[C@H](Cc1ccccc1)N(Cc1ccccc1C)C(=O)CN(c1ccccc1Br)S(C)(=O)=O. The van der Waals surface area contributed by atoms with Crippen LogP contribution in [0.5, 0.6) is 0 Å². The number of nitrogens with zero attached hydrogens (tertiary/aromatic N) is 2. The molecule has 0 aromatic heterocycles. The van der Waals surface area contributed by atoms with E-state index in [0.717, 1.165) is 40.1 Å². The van der Waals surface area contributed by atoms with E-state index in [-0.39, 0.29) is 12.5 Å². The highest BCUT2D eigenvalue weighted by Crippen LogP contribution is 2.28. The van der Waals surface area contributed by atoms with Gasteiger partial charge < -0.3 is 10.2 Å². The van der Waals surface area contributed by atoms with Crippen LogP contribution in [0.1, 0.15) is 36.5 Å². The van der Waals surface area contributed by atoms with Gasteiger partial charge in [-0.25, -0.2) is 8.42 Å². The number of sulfonamides is 1. The molecule has 208 valence electrons. The van der Waals surface area contributed by atoms with Crippen LogP contribution in [0, 0.1) is 6.92 Å². The van der Waals surface area contributed by atoms with Crippen LogP contribution >= 0.6 is 15.9 Å². The third-order valence-corrected chi connectivity index (χ3v) is 8.30. The van der Waals surface area contributed by atoms with E-state index in [4.69, 9.17) is 0 Å². The molecule has 2 amide bonds. The van der Waals surface area contributed by atoms with E-state index in [1.54, 1.807) is 24.3 Å². The quantitative estimate of drug-likeness (QED) is 0.272. The molecule has 0 spiro atoms. The van der Waals surface area contributed by atoms with Gasteiger partial charge in [-0.2, -0.15) is 0 Å². The lowest BCUT2D eigenvalue weighted by Gasteiger charge is -2.34. The van der Waals surface area contributed by atoms with Crippen LogP contribution in [0.2, 0.25) is 0 Å². The van der Waals surface area contributed by atoms with Crippen molar-refractivity contribution in [2.24, 2.45) is 0 Å². The number of unbranched alkanes of at least 4 members (excludes halogenated alkanes) is 1. The van der Waals surface area contributed by atoms with Crippen LogP contribution < -0.4 is 9.62 Å². The summed E-state index contributed by atoms with van der Waals surface area (Å²) in [5.74, 6) is -0.730. The van der Waals surface area contributed by atoms with E-state index in [2.05, 4.69) is 21.2 Å². The summed E-state index contributed by atoms with van der Waals surface area (Å²) in [6.45, 7) is 4.22. The second-order valence-electron chi connectivity index (χ2n) is 9.52. The Labute approximate surface area is 240 Å². The van der Waals surface area contributed by atoms with Crippen LogP contribution in [0.4, 0.5) is 5.69 Å². The molecule has 9 heteroatoms. The molecule has 0 heterocycles. The van der Waals surface area contributed by atoms with Crippen molar-refractivity contribution < 1.29 is 18.0 Å². The smallest absolute Gasteiger partial charge is 0.244 e. The second kappa shape index (κ2) is 14.3. The maximum absolute atomic E-state index is 14.1. The van der Waals surface area contributed by atoms with Crippen LogP contribution in [-0.2, 0) is 32.6 Å². The summed E-state index contributed by atoms with van der Waals surface area (Å²) in [4.78, 5) is 29.2. The molecule has 1 atom stereocenters. The molecule has 0 saturated carbocycles. The number of hydrogen-bond donors (Lipinski definition) is 1. The fourth-order valence-corrected chi connectivity index (χ4v) is 5.76. The summed E-state index contributed by atoms with van der Waals surface area (Å²) in [6, 6.07) is 23.2. The van der Waals surface area contributed by atoms with Crippen molar-refractivity contribution in [2.45, 2.75) is 45.7 Å². The number of carbonyl (C=O) groups excluding carboxylic acids is 2. The van der Waals surface area contributed by atoms with E-state index in [1.165, 1.54) is 4.90 Å². The second-order valence-corrected chi connectivity index (χ2v) is 12.3. The predicted octanol–water partition coefficient (Wildman–Crippen LogP) is 5.08. The molecule has 3 aromatic carbocycles. The van der Waals surface area contributed by atoms with Crippen molar-refractivity contribution in [3.63, 3.8) is 0 Å². The number of hydrogen-bond acceptors (Lipinski definition) is 4. The van der Waals surface area contributed by atoms with Gasteiger partial charge in [0, 0.05) is 24.0 Å². The number of nitrogens with one attached hydrogen (secondary N) is 1. The van der Waals surface area contributed by atoms with Crippen LogP contribution in [-0.4, -0.2) is 50.5 Å². The molecule has 3 aromatic rings. The molecule has 0 aliphatic rings. The number of benzene rings is 3. The summed E-state index contributed by atoms with van der Waals surface area (Å²) in [7, 11) is -3.82. The molecule has 0 saturated heterocycles. The largest absolute Gasteiger partial charge is 0.354 e. The minimum Gasteiger partial charge on any atom is -0.354 e. The molecule has 0 radical (unpaired) electrons. The summed E-state index contributed by atoms with van der Waals surface area (Å²) < 4.78 is 27.4. The zero-order chi connectivity index (χ0) is 28.4. The summed E-state index contributed by atoms with van der Waals surface area (Å²) in [6.07, 6.45) is 3.11. The van der Waals surface area contributed by atoms with Crippen molar-refractivity contribution in [1.29, 1.82) is 0 Å². The molecular weight excluding hydrogens is 578 g/mol. The average Bonchev–Trinajstić information content (AvgIpc) is 2.90. The molecule has 39 heavy (non-hydrogen) atoms. The van der Waals surface area contributed by atoms with Crippen LogP contribution in [0.25, 0.3) is 0 Å². The van der Waals surface area contributed by atoms with Crippen LogP contribution in [0.15, 0.2) is 83.3 Å². The Morgan fingerprint density at radius 2 is 1.59 bits per heavy atom. The Bertz CT molecular complexity index is 1370. The van der Waals surface area contributed by atoms with Crippen molar-refractivity contribution in [1.82, 2.24) is 10.2 Å². The number of para-hydroxylation sites is 1. The van der Waals surface area contributed by atoms with Gasteiger partial charge in [0.2, 0.25) is 21.8 Å². The fraction of sp³-hybridized carbons (Fsp3) is 0.333. The third kappa shape index (κ3) is 8.66. The van der Waals surface area contributed by atoms with Gasteiger partial charge in [0.05, 0.1) is 11.9 Å². The van der Waals surface area contributed by atoms with Gasteiger partial charge in [-0.3, -0.25) is 13.9 Å². The third-order valence-electron chi connectivity index (χ3n) is 6.50. The van der Waals surface area contributed by atoms with Crippen molar-refractivity contribution in [2.75, 3.05) is 23.7 Å². The standard InChI is InChI=1S/C30H36BrN3O4S/c1-4-5-19-32-30(36)28(20-24-14-7-6-8-15-24)33(21-25-16-10-9-13-23(25)2)29(35)22-34(39(3,37)38)27-18-12-11-17-26(27)31/h6-18,28H,4-5,19-22H2,1-3H3,(H,32,36)/t28-/m0/s1. The zero-order valence-electron chi connectivity index (χ0n) is 22.6. The lowest BCUT2D eigenvalue weighted by Crippen LogP contribution is -2.53. The van der Waals surface area contributed by atoms with Gasteiger partial charge in [0.1, 0.15) is 12.6 Å². The number of rotatable bonds is 13. The lowest BCUT2D eigenvalue weighted by atomic mass is 10.0. The number of amides is 2. The molecule has 0 aliphatic heterocycles. The predicted molar refractivity (Wildman–Crippen MR) is 160 cm³/mol. The first-order valence-corrected chi connectivity index (χ1v) is 15.6. The van der Waals surface area contributed by atoms with Gasteiger partial charge >= 0.3 is 0 Å². The van der Waals surface area contributed by atoms with Gasteiger partial charge in [-0.1, -0.05) is 80.1 Å². The Balaban J connectivity index is 2.05. The molecule has 0 unspecified atom stereocenters. The van der Waals surface area contributed by atoms with E-state index in [1.807, 2.05) is 68.4 Å². The lowest BCUT2D eigenvalue weighted by molar-refractivity contribution is -0.140. The average molecular weight is 615 g/mol. The van der Waals surface area contributed by atoms with Crippen LogP contribution in [0.3, 0.4) is 0 Å². The van der Waals surface area contributed by atoms with Crippen molar-refractivity contribution in [3.8, 4) is 0 Å². The zero-order valence-corrected chi connectivity index (χ0v) is 25.0. The van der Waals surface area contributed by atoms with E-state index in [0.29, 0.717) is 23.1 Å². The molecular formula is C30H36BrN3O4S. The number of carbonyl (C=O) groups is 2. The Kier molecular flexibility index (Phi) is 11.1. The summed E-state index contributed by atoms with van der Waals surface area (Å²) in [5, 5.41) is 2.99. The van der Waals surface area contributed by atoms with Crippen molar-refractivity contribution in [3.05, 3.63) is 100 Å². The summed E-state index contributed by atoms with van der Waals surface area (Å²) in [5.41, 5.74) is 3.13. The molecule has 1 N–H and O–H groups in total. The maximum Gasteiger partial charge on any atom is 0.244 e. The van der Waals surface area contributed by atoms with Gasteiger partial charge in [0.25, 0.3) is 0 Å². The maximum atomic E-state index is 14.1. The Hall–Kier alpha value is -3.17. The first-order valence-electron chi connectivity index (χ1n) is 13.0. The van der Waals surface area contributed by atoms with E-state index in [9.17, 15) is 18.0 Å². The number of anilines is 1. The van der Waals surface area contributed by atoms with E-state index < -0.39 is 28.5 Å². The Morgan fingerprint density at radius 3 is 2.23 bits per heavy atom. The molecule has 7 nitrogen and oxygen atoms in total. The fourth-order valence-electron chi connectivity index (χ4n) is 4.28. The highest BCUT2D eigenvalue weighted by Gasteiger charge is 2.33. The highest BCUT2D eigenvalue weighted by atomic mass is 79.9. The minimum atomic E-state index is -3.82. The topological polar surface area (TPSA) is 86.8 Å². The van der Waals surface area contributed by atoms with Gasteiger partial charge in [-0.05, 0) is 58.1 Å². The normalized spacial score (nSPS) is 12.0. The first kappa shape index (κ1) is 30.4. The number of halogens is 1. The Morgan fingerprint density at radius 1 is 0.949 bits per heavy atom. The van der Waals surface area contributed by atoms with Crippen molar-refractivity contribution >= 4 is 43.5 Å². The highest BCUT2D eigenvalue weighted by molar-refractivity contribution is 9.10. The van der Waals surface area contributed by atoms with Gasteiger partial charge in [0.15, 0.2) is 0 Å².